The normalized spacial score (nSPS) is 33.4. The van der Waals surface area contributed by atoms with Crippen molar-refractivity contribution >= 4 is 29.3 Å². The molecule has 0 aromatic rings. The van der Waals surface area contributed by atoms with E-state index in [9.17, 15) is 42.1 Å². The molecule has 0 saturated carbocycles. The first-order valence-electron chi connectivity index (χ1n) is 12.2. The van der Waals surface area contributed by atoms with Crippen molar-refractivity contribution in [2.24, 2.45) is 5.92 Å². The summed E-state index contributed by atoms with van der Waals surface area (Å²) in [7, 11) is 0. The van der Waals surface area contributed by atoms with Crippen molar-refractivity contribution in [3.63, 3.8) is 0 Å². The van der Waals surface area contributed by atoms with Crippen molar-refractivity contribution in [3.8, 4) is 0 Å². The van der Waals surface area contributed by atoms with Crippen molar-refractivity contribution in [2.45, 2.75) is 98.4 Å². The lowest BCUT2D eigenvalue weighted by Gasteiger charge is -2.44. The van der Waals surface area contributed by atoms with Crippen LogP contribution in [0.1, 0.15) is 39.0 Å². The molecule has 1 amide bonds. The van der Waals surface area contributed by atoms with Gasteiger partial charge in [-0.2, -0.15) is 22.0 Å². The molecule has 0 aromatic heterocycles. The summed E-state index contributed by atoms with van der Waals surface area (Å²) in [6.07, 6.45) is -6.37. The Morgan fingerprint density at radius 1 is 1.14 bits per heavy atom. The number of halogens is 6. The zero-order valence-electron chi connectivity index (χ0n) is 20.7. The summed E-state index contributed by atoms with van der Waals surface area (Å²) in [5.74, 6) is -4.97. The molecule has 8 unspecified atom stereocenters. The molecule has 0 bridgehead atoms. The molecule has 8 nitrogen and oxygen atoms in total. The molecule has 2 rings (SSSR count). The summed E-state index contributed by atoms with van der Waals surface area (Å²) in [6, 6.07) is -1.43. The van der Waals surface area contributed by atoms with Gasteiger partial charge in [0, 0.05) is 0 Å². The average Bonchev–Trinajstić information content (AvgIpc) is 3.06. The third-order valence-electron chi connectivity index (χ3n) is 6.85. The Morgan fingerprint density at radius 3 is 2.41 bits per heavy atom. The number of nitrogens with one attached hydrogen (secondary N) is 3. The molecule has 2 saturated heterocycles. The quantitative estimate of drug-likeness (QED) is 0.123. The number of thioether (sulfide) groups is 1. The number of hydrogen-bond acceptors (Lipinski definition) is 8. The first-order chi connectivity index (χ1) is 17.2. The van der Waals surface area contributed by atoms with Gasteiger partial charge in [-0.05, 0) is 64.3 Å². The molecule has 0 aromatic carbocycles. The Bertz CT molecular complexity index is 725. The van der Waals surface area contributed by atoms with Gasteiger partial charge in [0.25, 0.3) is 0 Å². The van der Waals surface area contributed by atoms with Crippen LogP contribution < -0.4 is 16.0 Å². The minimum Gasteiger partial charge on any atom is -0.388 e. The van der Waals surface area contributed by atoms with E-state index in [4.69, 9.17) is 16.3 Å². The number of carbonyl (C=O) groups is 1. The van der Waals surface area contributed by atoms with E-state index < -0.39 is 66.0 Å². The molecule has 2 fully saturated rings. The van der Waals surface area contributed by atoms with Crippen molar-refractivity contribution in [1.82, 2.24) is 16.0 Å². The molecule has 218 valence electrons. The topological polar surface area (TPSA) is 123 Å². The van der Waals surface area contributed by atoms with Crippen molar-refractivity contribution in [3.05, 3.63) is 0 Å². The Balaban J connectivity index is 1.84. The second kappa shape index (κ2) is 14.2. The molecule has 37 heavy (non-hydrogen) atoms. The smallest absolute Gasteiger partial charge is 0.388 e. The lowest BCUT2D eigenvalue weighted by atomic mass is 9.92. The predicted octanol–water partition coefficient (Wildman–Crippen LogP) is 1.59. The Labute approximate surface area is 222 Å². The van der Waals surface area contributed by atoms with Gasteiger partial charge in [-0.15, -0.1) is 23.4 Å². The standard InChI is InChI=1S/C22H37ClF5N3O5S/c1-11(23)14(18-16(33)15(32)17(34)20(36-18)37-2)31-19(35)13-6-5-12(7-9-30-13)4-3-8-29-10-21(24,25)22(26,27)28/h11-18,20,29-30,32-34H,3-10H2,1-2H3,(H,31,35)/t11?,12-,13?,14?,15?,16?,17?,18?,20?/m0/s1. The van der Waals surface area contributed by atoms with Crippen LogP contribution in [-0.4, -0.2) is 107 Å². The van der Waals surface area contributed by atoms with Gasteiger partial charge in [-0.25, -0.2) is 0 Å². The molecular formula is C22H37ClF5N3O5S. The van der Waals surface area contributed by atoms with E-state index in [0.717, 1.165) is 11.8 Å². The summed E-state index contributed by atoms with van der Waals surface area (Å²) in [5, 5.41) is 38.2. The summed E-state index contributed by atoms with van der Waals surface area (Å²) in [5.41, 5.74) is -0.816. The number of aliphatic hydroxyl groups is 3. The lowest BCUT2D eigenvalue weighted by molar-refractivity contribution is -0.279. The van der Waals surface area contributed by atoms with Crippen LogP contribution >= 0.6 is 23.4 Å². The Kier molecular flexibility index (Phi) is 12.6. The maximum atomic E-state index is 13.0. The molecule has 6 N–H and O–H groups in total. The van der Waals surface area contributed by atoms with Gasteiger partial charge in [0.2, 0.25) is 5.91 Å². The van der Waals surface area contributed by atoms with E-state index in [-0.39, 0.29) is 18.4 Å². The highest BCUT2D eigenvalue weighted by atomic mass is 35.5. The van der Waals surface area contributed by atoms with E-state index in [1.54, 1.807) is 13.2 Å². The van der Waals surface area contributed by atoms with Gasteiger partial charge in [0.05, 0.1) is 24.0 Å². The molecule has 9 atom stereocenters. The van der Waals surface area contributed by atoms with Gasteiger partial charge in [-0.3, -0.25) is 4.79 Å². The first-order valence-corrected chi connectivity index (χ1v) is 14.0. The summed E-state index contributed by atoms with van der Waals surface area (Å²) < 4.78 is 68.3. The zero-order valence-corrected chi connectivity index (χ0v) is 22.3. The number of amides is 1. The highest BCUT2D eigenvalue weighted by Gasteiger charge is 2.56. The molecule has 15 heteroatoms. The van der Waals surface area contributed by atoms with Crippen LogP contribution in [0, 0.1) is 5.92 Å². The summed E-state index contributed by atoms with van der Waals surface area (Å²) in [4.78, 5) is 13.0. The van der Waals surface area contributed by atoms with Crippen LogP contribution in [-0.2, 0) is 9.53 Å². The van der Waals surface area contributed by atoms with Crippen LogP contribution in [0.5, 0.6) is 0 Å². The largest absolute Gasteiger partial charge is 0.454 e. The molecular weight excluding hydrogens is 549 g/mol. The van der Waals surface area contributed by atoms with Crippen molar-refractivity contribution < 1.29 is 46.8 Å². The first kappa shape index (κ1) is 32.7. The molecule has 0 radical (unpaired) electrons. The van der Waals surface area contributed by atoms with Crippen LogP contribution in [0.4, 0.5) is 22.0 Å². The molecule has 2 aliphatic heterocycles. The van der Waals surface area contributed by atoms with Gasteiger partial charge in [0.1, 0.15) is 29.9 Å². The molecule has 2 aliphatic rings. The highest BCUT2D eigenvalue weighted by molar-refractivity contribution is 7.99. The lowest BCUT2D eigenvalue weighted by Crippen LogP contribution is -2.65. The zero-order chi connectivity index (χ0) is 28.0. The number of hydrogen-bond donors (Lipinski definition) is 6. The maximum absolute atomic E-state index is 13.0. The fraction of sp³-hybridized carbons (Fsp3) is 0.955. The maximum Gasteiger partial charge on any atom is 0.454 e. The molecule has 2 heterocycles. The van der Waals surface area contributed by atoms with E-state index in [0.29, 0.717) is 38.6 Å². The van der Waals surface area contributed by atoms with Crippen LogP contribution in [0.3, 0.4) is 0 Å². The van der Waals surface area contributed by atoms with E-state index in [2.05, 4.69) is 16.0 Å². The fourth-order valence-corrected chi connectivity index (χ4v) is 5.46. The van der Waals surface area contributed by atoms with Crippen molar-refractivity contribution in [2.75, 3.05) is 25.9 Å². The number of carbonyl (C=O) groups excluding carboxylic acids is 1. The molecule has 0 spiro atoms. The third kappa shape index (κ3) is 9.02. The Hall–Kier alpha value is -0.480. The number of rotatable bonds is 11. The van der Waals surface area contributed by atoms with Crippen LogP contribution in [0.15, 0.2) is 0 Å². The Morgan fingerprint density at radius 2 is 1.81 bits per heavy atom. The number of aliphatic hydroxyl groups excluding tert-OH is 3. The van der Waals surface area contributed by atoms with Gasteiger partial charge in [-0.1, -0.05) is 0 Å². The van der Waals surface area contributed by atoms with Crippen molar-refractivity contribution in [1.29, 1.82) is 0 Å². The SMILES string of the molecule is CSC1OC(C(NC(=O)C2CC[C@H](CCCNCC(F)(F)C(F)(F)F)CCN2)C(C)Cl)C(O)C(O)C1O. The number of alkyl halides is 6. The summed E-state index contributed by atoms with van der Waals surface area (Å²) in [6.45, 7) is 0.684. The van der Waals surface area contributed by atoms with E-state index >= 15 is 0 Å². The van der Waals surface area contributed by atoms with E-state index in [1.165, 1.54) is 0 Å². The fourth-order valence-electron chi connectivity index (χ4n) is 4.57. The third-order valence-corrected chi connectivity index (χ3v) is 7.97. The van der Waals surface area contributed by atoms with E-state index in [1.807, 2.05) is 0 Å². The second-order valence-corrected chi connectivity index (χ2v) is 11.3. The monoisotopic (exact) mass is 585 g/mol. The number of ether oxygens (including phenoxy) is 1. The minimum absolute atomic E-state index is 0.0239. The van der Waals surface area contributed by atoms with Gasteiger partial charge in [0.15, 0.2) is 0 Å². The summed E-state index contributed by atoms with van der Waals surface area (Å²) >= 11 is 7.45. The second-order valence-electron chi connectivity index (χ2n) is 9.65. The van der Waals surface area contributed by atoms with Crippen LogP contribution in [0.2, 0.25) is 0 Å². The predicted molar refractivity (Wildman–Crippen MR) is 130 cm³/mol. The molecule has 0 aliphatic carbocycles. The van der Waals surface area contributed by atoms with Gasteiger partial charge < -0.3 is 36.0 Å². The average molecular weight is 586 g/mol. The minimum atomic E-state index is -5.58. The van der Waals surface area contributed by atoms with Gasteiger partial charge >= 0.3 is 12.1 Å². The highest BCUT2D eigenvalue weighted by Crippen LogP contribution is 2.34. The van der Waals surface area contributed by atoms with Crippen LogP contribution in [0.25, 0.3) is 0 Å².